The van der Waals surface area contributed by atoms with Crippen LogP contribution in [0.3, 0.4) is 0 Å². The Bertz CT molecular complexity index is 1110. The van der Waals surface area contributed by atoms with Crippen molar-refractivity contribution in [2.24, 2.45) is 5.92 Å². The van der Waals surface area contributed by atoms with Gasteiger partial charge in [-0.3, -0.25) is 10.1 Å². The summed E-state index contributed by atoms with van der Waals surface area (Å²) in [5.41, 5.74) is 1.19. The molecule has 0 fully saturated rings. The van der Waals surface area contributed by atoms with E-state index in [0.29, 0.717) is 32.5 Å². The molecular formula is C20H17Cl2N5OS. The van der Waals surface area contributed by atoms with Crippen LogP contribution in [0.25, 0.3) is 11.8 Å². The second kappa shape index (κ2) is 9.23. The largest absolute Gasteiger partial charge is 0.316 e. The predicted molar refractivity (Wildman–Crippen MR) is 116 cm³/mol. The van der Waals surface area contributed by atoms with E-state index in [1.165, 1.54) is 17.4 Å². The molecule has 1 aromatic carbocycles. The van der Waals surface area contributed by atoms with Gasteiger partial charge in [-0.25, -0.2) is 0 Å². The highest BCUT2D eigenvalue weighted by molar-refractivity contribution is 7.15. The fraction of sp³-hybridized carbons (Fsp3) is 0.200. The molecule has 0 saturated carbocycles. The van der Waals surface area contributed by atoms with E-state index in [1.807, 2.05) is 6.07 Å². The van der Waals surface area contributed by atoms with Gasteiger partial charge >= 0.3 is 0 Å². The summed E-state index contributed by atoms with van der Waals surface area (Å²) < 4.78 is 1.75. The third-order valence-electron chi connectivity index (χ3n) is 3.90. The van der Waals surface area contributed by atoms with Crippen LogP contribution in [0.4, 0.5) is 5.13 Å². The fourth-order valence-corrected chi connectivity index (χ4v) is 3.94. The van der Waals surface area contributed by atoms with Crippen LogP contribution < -0.4 is 5.32 Å². The average Bonchev–Trinajstić information content (AvgIpc) is 3.30. The molecule has 2 heterocycles. The molecule has 0 atom stereocenters. The molecule has 0 saturated heterocycles. The first-order chi connectivity index (χ1) is 13.9. The molecule has 0 aliphatic carbocycles. The first-order valence-electron chi connectivity index (χ1n) is 8.76. The molecule has 2 aromatic heterocycles. The van der Waals surface area contributed by atoms with Gasteiger partial charge in [-0.15, -0.1) is 10.2 Å². The number of rotatable bonds is 6. The molecule has 1 amide bonds. The third kappa shape index (κ3) is 5.04. The minimum Gasteiger partial charge on any atom is -0.316 e. The molecule has 9 heteroatoms. The summed E-state index contributed by atoms with van der Waals surface area (Å²) >= 11 is 13.7. The molecule has 0 radical (unpaired) electrons. The maximum atomic E-state index is 12.6. The summed E-state index contributed by atoms with van der Waals surface area (Å²) in [4.78, 5) is 12.6. The number of benzene rings is 1. The van der Waals surface area contributed by atoms with Crippen molar-refractivity contribution in [1.82, 2.24) is 14.8 Å². The molecule has 0 bridgehead atoms. The van der Waals surface area contributed by atoms with Crippen LogP contribution in [0.15, 0.2) is 42.1 Å². The van der Waals surface area contributed by atoms with Crippen LogP contribution in [-0.2, 0) is 11.2 Å². The summed E-state index contributed by atoms with van der Waals surface area (Å²) in [5.74, 6) is -0.114. The van der Waals surface area contributed by atoms with Gasteiger partial charge in [0.05, 0.1) is 15.7 Å². The van der Waals surface area contributed by atoms with Gasteiger partial charge in [0.1, 0.15) is 16.6 Å². The molecule has 0 aliphatic heterocycles. The Morgan fingerprint density at radius 3 is 2.83 bits per heavy atom. The number of carbonyl (C=O) groups excluding carboxylic acids is 1. The van der Waals surface area contributed by atoms with Gasteiger partial charge in [-0.1, -0.05) is 54.5 Å². The van der Waals surface area contributed by atoms with Gasteiger partial charge in [0.25, 0.3) is 5.91 Å². The maximum absolute atomic E-state index is 12.6. The van der Waals surface area contributed by atoms with E-state index in [1.54, 1.807) is 41.1 Å². The van der Waals surface area contributed by atoms with Crippen LogP contribution in [-0.4, -0.2) is 20.7 Å². The molecule has 0 aliphatic rings. The molecule has 0 unspecified atom stereocenters. The Hall–Kier alpha value is -2.66. The van der Waals surface area contributed by atoms with Gasteiger partial charge in [0.2, 0.25) is 5.13 Å². The minimum atomic E-state index is -0.551. The lowest BCUT2D eigenvalue weighted by Gasteiger charge is -2.10. The van der Waals surface area contributed by atoms with Crippen molar-refractivity contribution in [3.8, 4) is 11.8 Å². The van der Waals surface area contributed by atoms with Crippen LogP contribution in [0, 0.1) is 17.2 Å². The topological polar surface area (TPSA) is 83.6 Å². The summed E-state index contributed by atoms with van der Waals surface area (Å²) in [6.45, 7) is 4.16. The summed E-state index contributed by atoms with van der Waals surface area (Å²) in [6, 6.07) is 10.8. The van der Waals surface area contributed by atoms with Crippen LogP contribution >= 0.6 is 34.5 Å². The van der Waals surface area contributed by atoms with E-state index >= 15 is 0 Å². The predicted octanol–water partition coefficient (Wildman–Crippen LogP) is 5.38. The Kier molecular flexibility index (Phi) is 6.70. The maximum Gasteiger partial charge on any atom is 0.268 e. The monoisotopic (exact) mass is 445 g/mol. The van der Waals surface area contributed by atoms with Gasteiger partial charge < -0.3 is 4.57 Å². The number of aromatic nitrogens is 3. The van der Waals surface area contributed by atoms with Crippen molar-refractivity contribution in [3.05, 3.63) is 62.8 Å². The van der Waals surface area contributed by atoms with E-state index in [9.17, 15) is 10.1 Å². The summed E-state index contributed by atoms with van der Waals surface area (Å²) in [6.07, 6.45) is 4.05. The van der Waals surface area contributed by atoms with Crippen LogP contribution in [0.2, 0.25) is 10.0 Å². The van der Waals surface area contributed by atoms with Crippen molar-refractivity contribution in [1.29, 1.82) is 5.26 Å². The lowest BCUT2D eigenvalue weighted by Crippen LogP contribution is -2.13. The molecule has 3 aromatic rings. The zero-order valence-electron chi connectivity index (χ0n) is 15.7. The molecular weight excluding hydrogens is 429 g/mol. The van der Waals surface area contributed by atoms with Gasteiger partial charge in [-0.05, 0) is 36.3 Å². The average molecular weight is 446 g/mol. The summed E-state index contributed by atoms with van der Waals surface area (Å²) in [7, 11) is 0. The highest BCUT2D eigenvalue weighted by Crippen LogP contribution is 2.30. The minimum absolute atomic E-state index is 0.0660. The quantitative estimate of drug-likeness (QED) is 0.407. The molecule has 29 heavy (non-hydrogen) atoms. The van der Waals surface area contributed by atoms with Crippen molar-refractivity contribution in [3.63, 3.8) is 0 Å². The van der Waals surface area contributed by atoms with Crippen molar-refractivity contribution in [2.45, 2.75) is 20.3 Å². The Balaban J connectivity index is 1.85. The zero-order chi connectivity index (χ0) is 21.0. The number of nitrogens with zero attached hydrogens (tertiary/aromatic N) is 4. The normalized spacial score (nSPS) is 11.5. The molecule has 3 rings (SSSR count). The van der Waals surface area contributed by atoms with E-state index in [0.717, 1.165) is 11.4 Å². The fourth-order valence-electron chi connectivity index (χ4n) is 2.61. The Labute approximate surface area is 182 Å². The number of anilines is 1. The highest BCUT2D eigenvalue weighted by Gasteiger charge is 2.15. The number of carbonyl (C=O) groups is 1. The Morgan fingerprint density at radius 2 is 2.10 bits per heavy atom. The highest BCUT2D eigenvalue weighted by atomic mass is 35.5. The smallest absolute Gasteiger partial charge is 0.268 e. The van der Waals surface area contributed by atoms with Crippen LogP contribution in [0.5, 0.6) is 0 Å². The lowest BCUT2D eigenvalue weighted by molar-refractivity contribution is -0.112. The van der Waals surface area contributed by atoms with Crippen LogP contribution in [0.1, 0.15) is 24.5 Å². The van der Waals surface area contributed by atoms with E-state index < -0.39 is 5.91 Å². The number of amides is 1. The van der Waals surface area contributed by atoms with Crippen molar-refractivity contribution < 1.29 is 4.79 Å². The summed E-state index contributed by atoms with van der Waals surface area (Å²) in [5, 5.41) is 22.2. The third-order valence-corrected chi connectivity index (χ3v) is 5.57. The van der Waals surface area contributed by atoms with E-state index in [2.05, 4.69) is 29.4 Å². The zero-order valence-corrected chi connectivity index (χ0v) is 18.0. The lowest BCUT2D eigenvalue weighted by atomic mass is 10.1. The number of halogens is 2. The first kappa shape index (κ1) is 21.1. The second-order valence-corrected chi connectivity index (χ2v) is 8.45. The molecule has 1 N–H and O–H groups in total. The number of nitrogens with one attached hydrogen (secondary N) is 1. The second-order valence-electron chi connectivity index (χ2n) is 6.60. The standard InChI is InChI=1S/C20H17Cl2N5OS/c1-12(2)9-17-25-26-20(29-17)24-19(28)13(11-23)10-14-5-4-8-27(14)16-7-3-6-15(21)18(16)22/h3-8,10,12H,9H2,1-2H3,(H,24,26,28)/b13-10-. The molecule has 0 spiro atoms. The van der Waals surface area contributed by atoms with E-state index in [4.69, 9.17) is 23.2 Å². The van der Waals surface area contributed by atoms with Crippen molar-refractivity contribution >= 4 is 51.7 Å². The van der Waals surface area contributed by atoms with Gasteiger partial charge in [0, 0.05) is 18.3 Å². The Morgan fingerprint density at radius 1 is 1.31 bits per heavy atom. The first-order valence-corrected chi connectivity index (χ1v) is 10.3. The van der Waals surface area contributed by atoms with Gasteiger partial charge in [-0.2, -0.15) is 5.26 Å². The van der Waals surface area contributed by atoms with E-state index in [-0.39, 0.29) is 5.57 Å². The SMILES string of the molecule is CC(C)Cc1nnc(NC(=O)/C(C#N)=C\c2cccn2-c2cccc(Cl)c2Cl)s1. The number of hydrogen-bond acceptors (Lipinski definition) is 5. The molecule has 6 nitrogen and oxygen atoms in total. The number of nitriles is 1. The van der Waals surface area contributed by atoms with Crippen molar-refractivity contribution in [2.75, 3.05) is 5.32 Å². The molecule has 148 valence electrons. The van der Waals surface area contributed by atoms with Gasteiger partial charge in [0.15, 0.2) is 0 Å². The number of hydrogen-bond donors (Lipinski definition) is 1.